The van der Waals surface area contributed by atoms with E-state index in [1.807, 2.05) is 36.4 Å². The van der Waals surface area contributed by atoms with E-state index >= 15 is 0 Å². The molecule has 0 aliphatic heterocycles. The summed E-state index contributed by atoms with van der Waals surface area (Å²) in [6.07, 6.45) is 8.61. The maximum Gasteiger partial charge on any atom is 0.333 e. The fourth-order valence-electron chi connectivity index (χ4n) is 3.05. The molecule has 1 atom stereocenters. The number of ether oxygens (including phenoxy) is 1. The van der Waals surface area contributed by atoms with E-state index in [1.165, 1.54) is 32.1 Å². The zero-order chi connectivity index (χ0) is 19.5. The summed E-state index contributed by atoms with van der Waals surface area (Å²) in [5, 5.41) is 4.84. The van der Waals surface area contributed by atoms with Crippen LogP contribution in [0, 0.1) is 0 Å². The molecule has 2 rings (SSSR count). The number of benzene rings is 2. The van der Waals surface area contributed by atoms with Crippen LogP contribution in [0.25, 0.3) is 10.8 Å². The predicted octanol–water partition coefficient (Wildman–Crippen LogP) is 5.39. The number of fused-ring (bicyclic) bond motifs is 1. The Bertz CT molecular complexity index is 741. The molecule has 0 unspecified atom stereocenters. The molecular formula is C23H31NO3. The maximum atomic E-state index is 12.2. The summed E-state index contributed by atoms with van der Waals surface area (Å²) in [7, 11) is 0. The van der Waals surface area contributed by atoms with Crippen molar-refractivity contribution in [2.24, 2.45) is 0 Å². The van der Waals surface area contributed by atoms with Gasteiger partial charge in [-0.3, -0.25) is 4.79 Å². The Morgan fingerprint density at radius 1 is 0.926 bits per heavy atom. The smallest absolute Gasteiger partial charge is 0.333 e. The number of hydrogen-bond acceptors (Lipinski definition) is 3. The molecule has 4 nitrogen and oxygen atoms in total. The molecule has 0 radical (unpaired) electrons. The first-order chi connectivity index (χ1) is 13.1. The SMILES string of the molecule is CCCCCCCCCC(=O)N[C@@H](C)C(=O)Oc1ccc2ccccc2c1. The normalized spacial score (nSPS) is 11.9. The lowest BCUT2D eigenvalue weighted by atomic mass is 10.1. The number of unbranched alkanes of at least 4 members (excludes halogenated alkanes) is 6. The van der Waals surface area contributed by atoms with Crippen LogP contribution in [0.15, 0.2) is 42.5 Å². The zero-order valence-electron chi connectivity index (χ0n) is 16.5. The van der Waals surface area contributed by atoms with E-state index in [4.69, 9.17) is 4.74 Å². The molecule has 0 aliphatic carbocycles. The molecule has 0 saturated carbocycles. The van der Waals surface area contributed by atoms with Crippen LogP contribution in [0.3, 0.4) is 0 Å². The molecule has 4 heteroatoms. The minimum atomic E-state index is -0.659. The number of carbonyl (C=O) groups is 2. The van der Waals surface area contributed by atoms with Crippen molar-refractivity contribution in [1.82, 2.24) is 5.32 Å². The Labute approximate surface area is 162 Å². The molecule has 2 aromatic carbocycles. The van der Waals surface area contributed by atoms with Gasteiger partial charge in [-0.15, -0.1) is 0 Å². The first kappa shape index (κ1) is 20.9. The lowest BCUT2D eigenvalue weighted by Gasteiger charge is -2.13. The Kier molecular flexibility index (Phi) is 8.82. The van der Waals surface area contributed by atoms with E-state index in [9.17, 15) is 9.59 Å². The summed E-state index contributed by atoms with van der Waals surface area (Å²) in [6.45, 7) is 3.86. The van der Waals surface area contributed by atoms with Gasteiger partial charge in [0.15, 0.2) is 0 Å². The van der Waals surface area contributed by atoms with E-state index in [1.54, 1.807) is 13.0 Å². The summed E-state index contributed by atoms with van der Waals surface area (Å²) in [6, 6.07) is 12.8. The topological polar surface area (TPSA) is 55.4 Å². The lowest BCUT2D eigenvalue weighted by Crippen LogP contribution is -2.40. The summed E-state index contributed by atoms with van der Waals surface area (Å²) >= 11 is 0. The molecule has 146 valence electrons. The second kappa shape index (κ2) is 11.4. The van der Waals surface area contributed by atoms with Gasteiger partial charge in [0, 0.05) is 6.42 Å². The zero-order valence-corrected chi connectivity index (χ0v) is 16.5. The van der Waals surface area contributed by atoms with Gasteiger partial charge in [-0.05, 0) is 36.2 Å². The van der Waals surface area contributed by atoms with Crippen molar-refractivity contribution in [2.45, 2.75) is 71.3 Å². The minimum absolute atomic E-state index is 0.0912. The van der Waals surface area contributed by atoms with Crippen LogP contribution < -0.4 is 10.1 Å². The van der Waals surface area contributed by atoms with Crippen LogP contribution in [-0.2, 0) is 9.59 Å². The largest absolute Gasteiger partial charge is 0.425 e. The molecule has 1 N–H and O–H groups in total. The Balaban J connectivity index is 1.70. The Morgan fingerprint density at radius 2 is 1.59 bits per heavy atom. The molecule has 0 aliphatic rings. The van der Waals surface area contributed by atoms with Crippen molar-refractivity contribution in [3.8, 4) is 5.75 Å². The average molecular weight is 370 g/mol. The van der Waals surface area contributed by atoms with Crippen LogP contribution in [-0.4, -0.2) is 17.9 Å². The first-order valence-electron chi connectivity index (χ1n) is 10.1. The summed E-state index contributed by atoms with van der Waals surface area (Å²) in [4.78, 5) is 24.2. The summed E-state index contributed by atoms with van der Waals surface area (Å²) in [5.74, 6) is -0.0448. The molecule has 0 saturated heterocycles. The van der Waals surface area contributed by atoms with Gasteiger partial charge in [0.2, 0.25) is 5.91 Å². The van der Waals surface area contributed by atoms with Crippen LogP contribution in [0.4, 0.5) is 0 Å². The highest BCUT2D eigenvalue weighted by molar-refractivity contribution is 5.87. The van der Waals surface area contributed by atoms with Crippen molar-refractivity contribution in [1.29, 1.82) is 0 Å². The highest BCUT2D eigenvalue weighted by atomic mass is 16.5. The first-order valence-corrected chi connectivity index (χ1v) is 10.1. The van der Waals surface area contributed by atoms with Gasteiger partial charge in [-0.25, -0.2) is 4.79 Å². The minimum Gasteiger partial charge on any atom is -0.425 e. The molecular weight excluding hydrogens is 338 g/mol. The Hall–Kier alpha value is -2.36. The molecule has 0 bridgehead atoms. The Morgan fingerprint density at radius 3 is 2.33 bits per heavy atom. The highest BCUT2D eigenvalue weighted by Crippen LogP contribution is 2.20. The van der Waals surface area contributed by atoms with Gasteiger partial charge < -0.3 is 10.1 Å². The highest BCUT2D eigenvalue weighted by Gasteiger charge is 2.17. The molecule has 1 amide bonds. The number of rotatable bonds is 11. The van der Waals surface area contributed by atoms with Crippen molar-refractivity contribution >= 4 is 22.6 Å². The van der Waals surface area contributed by atoms with E-state index in [0.717, 1.165) is 23.6 Å². The molecule has 0 fully saturated rings. The van der Waals surface area contributed by atoms with Crippen molar-refractivity contribution < 1.29 is 14.3 Å². The van der Waals surface area contributed by atoms with Gasteiger partial charge >= 0.3 is 5.97 Å². The summed E-state index contributed by atoms with van der Waals surface area (Å²) in [5.41, 5.74) is 0. The van der Waals surface area contributed by atoms with Crippen LogP contribution in [0.2, 0.25) is 0 Å². The molecule has 2 aromatic rings. The monoisotopic (exact) mass is 369 g/mol. The molecule has 0 aromatic heterocycles. The van der Waals surface area contributed by atoms with Gasteiger partial charge in [0.05, 0.1) is 0 Å². The number of nitrogens with one attached hydrogen (secondary N) is 1. The van der Waals surface area contributed by atoms with E-state index in [2.05, 4.69) is 12.2 Å². The average Bonchev–Trinajstić information content (AvgIpc) is 2.67. The third kappa shape index (κ3) is 7.41. The van der Waals surface area contributed by atoms with Crippen LogP contribution >= 0.6 is 0 Å². The number of amides is 1. The fraction of sp³-hybridized carbons (Fsp3) is 0.478. The van der Waals surface area contributed by atoms with Crippen molar-refractivity contribution in [3.05, 3.63) is 42.5 Å². The van der Waals surface area contributed by atoms with Crippen LogP contribution in [0.5, 0.6) is 5.75 Å². The maximum absolute atomic E-state index is 12.2. The van der Waals surface area contributed by atoms with E-state index in [0.29, 0.717) is 12.2 Å². The van der Waals surface area contributed by atoms with Gasteiger partial charge in [-0.1, -0.05) is 75.8 Å². The van der Waals surface area contributed by atoms with Gasteiger partial charge in [-0.2, -0.15) is 0 Å². The van der Waals surface area contributed by atoms with E-state index in [-0.39, 0.29) is 5.91 Å². The second-order valence-corrected chi connectivity index (χ2v) is 7.09. The molecule has 27 heavy (non-hydrogen) atoms. The van der Waals surface area contributed by atoms with Crippen molar-refractivity contribution in [2.75, 3.05) is 0 Å². The number of esters is 1. The van der Waals surface area contributed by atoms with Crippen LogP contribution in [0.1, 0.15) is 65.2 Å². The van der Waals surface area contributed by atoms with Gasteiger partial charge in [0.25, 0.3) is 0 Å². The van der Waals surface area contributed by atoms with Crippen molar-refractivity contribution in [3.63, 3.8) is 0 Å². The number of carbonyl (C=O) groups excluding carboxylic acids is 2. The van der Waals surface area contributed by atoms with Gasteiger partial charge in [0.1, 0.15) is 11.8 Å². The quantitative estimate of drug-likeness (QED) is 0.328. The summed E-state index contributed by atoms with van der Waals surface area (Å²) < 4.78 is 5.41. The lowest BCUT2D eigenvalue weighted by molar-refractivity contribution is -0.138. The third-order valence-corrected chi connectivity index (χ3v) is 4.68. The van der Waals surface area contributed by atoms with E-state index < -0.39 is 12.0 Å². The fourth-order valence-corrected chi connectivity index (χ4v) is 3.05. The molecule has 0 spiro atoms. The predicted molar refractivity (Wildman–Crippen MR) is 110 cm³/mol. The number of hydrogen-bond donors (Lipinski definition) is 1. The standard InChI is InChI=1S/C23H31NO3/c1-3-4-5-6-7-8-9-14-22(25)24-18(2)23(26)27-21-16-15-19-12-10-11-13-20(19)17-21/h10-13,15-18H,3-9,14H2,1-2H3,(H,24,25)/t18-/m0/s1. The molecule has 0 heterocycles. The second-order valence-electron chi connectivity index (χ2n) is 7.09. The third-order valence-electron chi connectivity index (χ3n) is 4.68.